The van der Waals surface area contributed by atoms with Crippen molar-refractivity contribution < 1.29 is 14.0 Å². The van der Waals surface area contributed by atoms with Gasteiger partial charge in [-0.2, -0.15) is 0 Å². The van der Waals surface area contributed by atoms with E-state index in [4.69, 9.17) is 0 Å². The number of benzene rings is 3. The third-order valence-corrected chi connectivity index (χ3v) is 6.02. The number of amides is 2. The van der Waals surface area contributed by atoms with Crippen molar-refractivity contribution in [1.29, 1.82) is 0 Å². The van der Waals surface area contributed by atoms with E-state index >= 15 is 0 Å². The van der Waals surface area contributed by atoms with Crippen LogP contribution in [0.5, 0.6) is 0 Å². The number of hydrogen-bond acceptors (Lipinski definition) is 3. The summed E-state index contributed by atoms with van der Waals surface area (Å²) in [6.07, 6.45) is 0.375. The summed E-state index contributed by atoms with van der Waals surface area (Å²) in [4.78, 5) is 29.2. The molecule has 6 heteroatoms. The van der Waals surface area contributed by atoms with Crippen LogP contribution in [0.1, 0.15) is 22.3 Å². The summed E-state index contributed by atoms with van der Waals surface area (Å²) in [5.74, 6) is -0.546. The lowest BCUT2D eigenvalue weighted by Crippen LogP contribution is -2.49. The molecule has 0 unspecified atom stereocenters. The number of nitrogens with zero attached hydrogens (tertiary/aromatic N) is 2. The van der Waals surface area contributed by atoms with Gasteiger partial charge in [0.25, 0.3) is 5.91 Å². The molecule has 0 saturated carbocycles. The molecule has 0 aliphatic carbocycles. The predicted octanol–water partition coefficient (Wildman–Crippen LogP) is 4.59. The Hall–Kier alpha value is -3.51. The third-order valence-electron chi connectivity index (χ3n) is 6.02. The predicted molar refractivity (Wildman–Crippen MR) is 129 cm³/mol. The largest absolute Gasteiger partial charge is 0.336 e. The normalized spacial score (nSPS) is 14.2. The van der Waals surface area contributed by atoms with Crippen LogP contribution in [0.3, 0.4) is 0 Å². The molecule has 1 fully saturated rings. The molecule has 2 amide bonds. The SMILES string of the molecule is Cc1ccc(C(=O)N2CCN(CCC(=O)Nc3ccccc3-c3ccccc3)CC2)cc1F. The molecule has 3 aromatic rings. The van der Waals surface area contributed by atoms with Gasteiger partial charge in [-0.25, -0.2) is 4.39 Å². The van der Waals surface area contributed by atoms with Crippen molar-refractivity contribution in [1.82, 2.24) is 9.80 Å². The zero-order valence-corrected chi connectivity index (χ0v) is 18.8. The highest BCUT2D eigenvalue weighted by Gasteiger charge is 2.23. The van der Waals surface area contributed by atoms with Crippen LogP contribution in [0.25, 0.3) is 11.1 Å². The van der Waals surface area contributed by atoms with Crippen LogP contribution in [-0.2, 0) is 4.79 Å². The van der Waals surface area contributed by atoms with Crippen molar-refractivity contribution in [2.24, 2.45) is 0 Å². The summed E-state index contributed by atoms with van der Waals surface area (Å²) in [5.41, 5.74) is 3.76. The van der Waals surface area contributed by atoms with E-state index in [0.717, 1.165) is 16.8 Å². The molecule has 3 aromatic carbocycles. The van der Waals surface area contributed by atoms with Gasteiger partial charge in [0, 0.05) is 56.0 Å². The highest BCUT2D eigenvalue weighted by atomic mass is 19.1. The highest BCUT2D eigenvalue weighted by Crippen LogP contribution is 2.27. The first-order chi connectivity index (χ1) is 16.0. The van der Waals surface area contributed by atoms with Crippen molar-refractivity contribution in [2.75, 3.05) is 38.0 Å². The second-order valence-corrected chi connectivity index (χ2v) is 8.31. The summed E-state index contributed by atoms with van der Waals surface area (Å²) >= 11 is 0. The van der Waals surface area contributed by atoms with Crippen LogP contribution < -0.4 is 5.32 Å². The standard InChI is InChI=1S/C27H28FN3O2/c1-20-11-12-22(19-24(20)28)27(33)31-17-15-30(16-18-31)14-13-26(32)29-25-10-6-5-9-23(25)21-7-3-2-4-8-21/h2-12,19H,13-18H2,1H3,(H,29,32). The van der Waals surface area contributed by atoms with Crippen LogP contribution in [0.4, 0.5) is 10.1 Å². The molecule has 170 valence electrons. The van der Waals surface area contributed by atoms with E-state index in [0.29, 0.717) is 50.3 Å². The Bertz CT molecular complexity index is 1130. The van der Waals surface area contributed by atoms with E-state index in [9.17, 15) is 14.0 Å². The average molecular weight is 446 g/mol. The molecule has 0 radical (unpaired) electrons. The van der Waals surface area contributed by atoms with Crippen LogP contribution in [0.2, 0.25) is 0 Å². The summed E-state index contributed by atoms with van der Waals surface area (Å²) in [6, 6.07) is 22.4. The highest BCUT2D eigenvalue weighted by molar-refractivity contribution is 5.95. The van der Waals surface area contributed by atoms with E-state index in [1.807, 2.05) is 54.6 Å². The van der Waals surface area contributed by atoms with Crippen molar-refractivity contribution in [3.8, 4) is 11.1 Å². The van der Waals surface area contributed by atoms with Crippen LogP contribution in [-0.4, -0.2) is 54.3 Å². The minimum Gasteiger partial charge on any atom is -0.336 e. The number of rotatable bonds is 6. The molecule has 33 heavy (non-hydrogen) atoms. The average Bonchev–Trinajstić information content (AvgIpc) is 2.85. The van der Waals surface area contributed by atoms with Gasteiger partial charge >= 0.3 is 0 Å². The number of anilines is 1. The Kier molecular flexibility index (Phi) is 7.15. The fourth-order valence-electron chi connectivity index (χ4n) is 4.02. The van der Waals surface area contributed by atoms with E-state index in [1.54, 1.807) is 24.0 Å². The number of nitrogens with one attached hydrogen (secondary N) is 1. The summed E-state index contributed by atoms with van der Waals surface area (Å²) < 4.78 is 13.8. The number of hydrogen-bond donors (Lipinski definition) is 1. The van der Waals surface area contributed by atoms with E-state index in [2.05, 4.69) is 10.2 Å². The number of carbonyl (C=O) groups excluding carboxylic acids is 2. The fourth-order valence-corrected chi connectivity index (χ4v) is 4.02. The van der Waals surface area contributed by atoms with Gasteiger partial charge in [0.1, 0.15) is 5.82 Å². The minimum absolute atomic E-state index is 0.0352. The maximum Gasteiger partial charge on any atom is 0.254 e. The van der Waals surface area contributed by atoms with Gasteiger partial charge in [0.15, 0.2) is 0 Å². The van der Waals surface area contributed by atoms with Crippen molar-refractivity contribution in [3.05, 3.63) is 89.7 Å². The Morgan fingerprint density at radius 1 is 0.909 bits per heavy atom. The Balaban J connectivity index is 1.27. The molecule has 1 aliphatic heterocycles. The minimum atomic E-state index is -0.362. The van der Waals surface area contributed by atoms with Crippen LogP contribution in [0, 0.1) is 12.7 Å². The third kappa shape index (κ3) is 5.65. The molecule has 1 aliphatic rings. The molecule has 0 spiro atoms. The first-order valence-corrected chi connectivity index (χ1v) is 11.2. The quantitative estimate of drug-likeness (QED) is 0.604. The zero-order chi connectivity index (χ0) is 23.2. The topological polar surface area (TPSA) is 52.7 Å². The second-order valence-electron chi connectivity index (χ2n) is 8.31. The Morgan fingerprint density at radius 2 is 1.61 bits per heavy atom. The van der Waals surface area contributed by atoms with Crippen molar-refractivity contribution in [3.63, 3.8) is 0 Å². The van der Waals surface area contributed by atoms with Crippen LogP contribution in [0.15, 0.2) is 72.8 Å². The lowest BCUT2D eigenvalue weighted by Gasteiger charge is -2.34. The summed E-state index contributed by atoms with van der Waals surface area (Å²) in [7, 11) is 0. The van der Waals surface area contributed by atoms with Gasteiger partial charge in [-0.15, -0.1) is 0 Å². The van der Waals surface area contributed by atoms with Crippen LogP contribution >= 0.6 is 0 Å². The maximum absolute atomic E-state index is 13.8. The molecule has 4 rings (SSSR count). The van der Waals surface area contributed by atoms with Gasteiger partial charge in [0.05, 0.1) is 0 Å². The van der Waals surface area contributed by atoms with Gasteiger partial charge in [-0.3, -0.25) is 14.5 Å². The first kappa shape index (κ1) is 22.7. The lowest BCUT2D eigenvalue weighted by atomic mass is 10.0. The number of aryl methyl sites for hydroxylation is 1. The van der Waals surface area contributed by atoms with Crippen molar-refractivity contribution in [2.45, 2.75) is 13.3 Å². The number of para-hydroxylation sites is 1. The summed E-state index contributed by atoms with van der Waals surface area (Å²) in [6.45, 7) is 4.81. The monoisotopic (exact) mass is 445 g/mol. The molecule has 0 atom stereocenters. The van der Waals surface area contributed by atoms with Gasteiger partial charge < -0.3 is 10.2 Å². The number of halogens is 1. The Labute approximate surface area is 193 Å². The van der Waals surface area contributed by atoms with Crippen molar-refractivity contribution >= 4 is 17.5 Å². The molecule has 0 aromatic heterocycles. The lowest BCUT2D eigenvalue weighted by molar-refractivity contribution is -0.116. The molecule has 0 bridgehead atoms. The Morgan fingerprint density at radius 3 is 2.33 bits per heavy atom. The first-order valence-electron chi connectivity index (χ1n) is 11.2. The number of carbonyl (C=O) groups is 2. The van der Waals surface area contributed by atoms with E-state index in [-0.39, 0.29) is 17.6 Å². The molecule has 5 nitrogen and oxygen atoms in total. The van der Waals surface area contributed by atoms with Gasteiger partial charge in [-0.05, 0) is 36.2 Å². The van der Waals surface area contributed by atoms with E-state index in [1.165, 1.54) is 6.07 Å². The zero-order valence-electron chi connectivity index (χ0n) is 18.8. The van der Waals surface area contributed by atoms with Gasteiger partial charge in [-0.1, -0.05) is 54.6 Å². The second kappa shape index (κ2) is 10.4. The summed E-state index contributed by atoms with van der Waals surface area (Å²) in [5, 5.41) is 3.04. The molecular formula is C27H28FN3O2. The number of piperazine rings is 1. The smallest absolute Gasteiger partial charge is 0.254 e. The van der Waals surface area contributed by atoms with Gasteiger partial charge in [0.2, 0.25) is 5.91 Å². The molecule has 1 heterocycles. The fraction of sp³-hybridized carbons (Fsp3) is 0.259. The molecule has 1 N–H and O–H groups in total. The maximum atomic E-state index is 13.8. The molecular weight excluding hydrogens is 417 g/mol. The van der Waals surface area contributed by atoms with E-state index < -0.39 is 0 Å². The molecule has 1 saturated heterocycles.